The Balaban J connectivity index is 0.000000193. The first-order valence-corrected chi connectivity index (χ1v) is 18.0. The van der Waals surface area contributed by atoms with Crippen LogP contribution < -0.4 is 5.32 Å². The summed E-state index contributed by atoms with van der Waals surface area (Å²) in [6, 6.07) is 9.28. The molecule has 3 heterocycles. The number of rotatable bonds is 10. The molecule has 7 rings (SSSR count). The molecule has 20 heteroatoms. The fourth-order valence-corrected chi connectivity index (χ4v) is 6.92. The quantitative estimate of drug-likeness (QED) is 0.108. The monoisotopic (exact) mass is 841 g/mol. The van der Waals surface area contributed by atoms with E-state index in [1.807, 2.05) is 0 Å². The number of nitrogens with one attached hydrogen (secondary N) is 1. The molecule has 0 spiro atoms. The third-order valence-electron chi connectivity index (χ3n) is 9.99. The highest BCUT2D eigenvalue weighted by atomic mass is 35.5. The lowest BCUT2D eigenvalue weighted by Crippen LogP contribution is -2.39. The molecule has 0 aliphatic heterocycles. The predicted molar refractivity (Wildman–Crippen MR) is 187 cm³/mol. The van der Waals surface area contributed by atoms with E-state index in [9.17, 15) is 44.7 Å². The number of carbonyl (C=O) groups is 2. The molecule has 2 fully saturated rings. The zero-order chi connectivity index (χ0) is 41.2. The van der Waals surface area contributed by atoms with Gasteiger partial charge in [-0.2, -0.15) is 26.3 Å². The van der Waals surface area contributed by atoms with Gasteiger partial charge in [0.2, 0.25) is 0 Å². The number of alkyl halides is 6. The van der Waals surface area contributed by atoms with E-state index in [1.165, 1.54) is 42.2 Å². The molecule has 3 aromatic heterocycles. The maximum atomic E-state index is 13.5. The lowest BCUT2D eigenvalue weighted by Gasteiger charge is -2.42. The molecule has 2 aliphatic carbocycles. The summed E-state index contributed by atoms with van der Waals surface area (Å²) >= 11 is 11.8. The molecular formula is C37H29Cl2F8N7O3. The van der Waals surface area contributed by atoms with Crippen LogP contribution in [0.25, 0.3) is 11.5 Å². The molecule has 10 nitrogen and oxygen atoms in total. The van der Waals surface area contributed by atoms with Crippen molar-refractivity contribution in [1.29, 1.82) is 0 Å². The minimum Gasteiger partial charge on any atom is -0.413 e. The van der Waals surface area contributed by atoms with E-state index in [-0.39, 0.29) is 37.9 Å². The van der Waals surface area contributed by atoms with Gasteiger partial charge < -0.3 is 9.73 Å². The molecule has 0 unspecified atom stereocenters. The van der Waals surface area contributed by atoms with Crippen LogP contribution >= 0.6 is 23.2 Å². The Hall–Kier alpha value is -5.10. The van der Waals surface area contributed by atoms with Gasteiger partial charge in [0.15, 0.2) is 5.78 Å². The average Bonchev–Trinajstić information content (AvgIpc) is 3.65. The lowest BCUT2D eigenvalue weighted by atomic mass is 9.62. The third-order valence-corrected chi connectivity index (χ3v) is 10.6. The number of halogens is 10. The SMILES string of the molecule is Fc1ccc(C2(Cc3ncc(-c4nnc(C(F)(F)F)o4)cn3)CCC2)cc1Cl.O=C(CNC(=O)C(F)(F)F)c1cnc(CC2(c3ccc(F)c(Cl)c3)CCC2)nc1. The Morgan fingerprint density at radius 1 is 0.719 bits per heavy atom. The molecule has 57 heavy (non-hydrogen) atoms. The average molecular weight is 843 g/mol. The third kappa shape index (κ3) is 9.55. The van der Waals surface area contributed by atoms with Gasteiger partial charge in [-0.15, -0.1) is 10.2 Å². The van der Waals surface area contributed by atoms with E-state index in [4.69, 9.17) is 23.2 Å². The van der Waals surface area contributed by atoms with Gasteiger partial charge in [-0.3, -0.25) is 9.59 Å². The first kappa shape index (κ1) is 41.5. The number of aromatic nitrogens is 6. The molecule has 1 amide bonds. The standard InChI is InChI=1S/C19H16ClF4N3O2.C18H13ClF4N4O/c20-13-6-12(2-3-14(13)21)18(4-1-5-18)7-16-25-8-11(9-26-16)15(28)10-27-17(29)19(22,23)24;19-12-6-11(2-3-13(12)20)17(4-1-5-17)7-14-24-8-10(9-25-14)15-26-27-16(28-15)18(21,22)23/h2-3,6,8-9H,1,4-5,7,10H2,(H,27,29);2-3,6,8-9H,1,4-5,7H2. The van der Waals surface area contributed by atoms with E-state index in [2.05, 4.69) is 34.6 Å². The fourth-order valence-electron chi connectivity index (χ4n) is 6.56. The zero-order valence-electron chi connectivity index (χ0n) is 29.3. The van der Waals surface area contributed by atoms with Crippen molar-refractivity contribution in [3.05, 3.63) is 117 Å². The number of nitrogens with zero attached hydrogens (tertiary/aromatic N) is 6. The van der Waals surface area contributed by atoms with Crippen molar-refractivity contribution in [3.63, 3.8) is 0 Å². The number of hydrogen-bond acceptors (Lipinski definition) is 9. The second-order valence-corrected chi connectivity index (χ2v) is 14.5. The van der Waals surface area contributed by atoms with Crippen LogP contribution in [0.1, 0.15) is 77.5 Å². The van der Waals surface area contributed by atoms with E-state index in [0.29, 0.717) is 24.5 Å². The van der Waals surface area contributed by atoms with Crippen LogP contribution in [0.15, 0.2) is 65.6 Å². The smallest absolute Gasteiger partial charge is 0.413 e. The normalized spacial score (nSPS) is 15.8. The number of benzene rings is 2. The van der Waals surface area contributed by atoms with E-state index >= 15 is 0 Å². The highest BCUT2D eigenvalue weighted by molar-refractivity contribution is 6.31. The summed E-state index contributed by atoms with van der Waals surface area (Å²) in [7, 11) is 0. The molecule has 2 saturated carbocycles. The molecular weight excluding hydrogens is 813 g/mol. The van der Waals surface area contributed by atoms with Crippen molar-refractivity contribution in [1.82, 2.24) is 35.5 Å². The van der Waals surface area contributed by atoms with Crippen LogP contribution in [-0.2, 0) is 34.6 Å². The minimum absolute atomic E-state index is 0.0105. The largest absolute Gasteiger partial charge is 0.471 e. The van der Waals surface area contributed by atoms with Gasteiger partial charge in [0.1, 0.15) is 23.3 Å². The number of ketones is 1. The Morgan fingerprint density at radius 2 is 1.19 bits per heavy atom. The van der Waals surface area contributed by atoms with Crippen molar-refractivity contribution < 1.29 is 49.1 Å². The summed E-state index contributed by atoms with van der Waals surface area (Å²) in [5, 5.41) is 7.98. The summed E-state index contributed by atoms with van der Waals surface area (Å²) in [5.74, 6) is -4.66. The number of Topliss-reactive ketones (excluding diaryl/α,β-unsaturated/α-hetero) is 1. The van der Waals surface area contributed by atoms with Gasteiger partial charge >= 0.3 is 24.2 Å². The van der Waals surface area contributed by atoms with Crippen LogP contribution in [0.5, 0.6) is 0 Å². The number of hydrogen-bond donors (Lipinski definition) is 1. The lowest BCUT2D eigenvalue weighted by molar-refractivity contribution is -0.173. The van der Waals surface area contributed by atoms with Crippen LogP contribution in [0, 0.1) is 11.6 Å². The predicted octanol–water partition coefficient (Wildman–Crippen LogP) is 8.80. The van der Waals surface area contributed by atoms with Crippen LogP contribution in [0.4, 0.5) is 35.1 Å². The van der Waals surface area contributed by atoms with Crippen molar-refractivity contribution >= 4 is 34.9 Å². The zero-order valence-corrected chi connectivity index (χ0v) is 30.8. The second kappa shape index (κ2) is 16.4. The second-order valence-electron chi connectivity index (χ2n) is 13.7. The first-order valence-electron chi connectivity index (χ1n) is 17.2. The molecule has 300 valence electrons. The Morgan fingerprint density at radius 3 is 1.58 bits per heavy atom. The first-order chi connectivity index (χ1) is 26.9. The van der Waals surface area contributed by atoms with Crippen molar-refractivity contribution in [2.24, 2.45) is 0 Å². The van der Waals surface area contributed by atoms with Gasteiger partial charge in [-0.25, -0.2) is 28.7 Å². The van der Waals surface area contributed by atoms with Crippen molar-refractivity contribution in [3.8, 4) is 11.5 Å². The maximum Gasteiger partial charge on any atom is 0.471 e. The molecule has 0 saturated heterocycles. The number of carbonyl (C=O) groups excluding carboxylic acids is 2. The molecule has 5 aromatic rings. The molecule has 0 atom stereocenters. The van der Waals surface area contributed by atoms with E-state index in [0.717, 1.165) is 49.7 Å². The molecule has 0 radical (unpaired) electrons. The number of amides is 1. The van der Waals surface area contributed by atoms with Gasteiger partial charge in [-0.05, 0) is 61.1 Å². The maximum absolute atomic E-state index is 13.5. The summed E-state index contributed by atoms with van der Waals surface area (Å²) < 4.78 is 106. The van der Waals surface area contributed by atoms with Gasteiger partial charge in [0, 0.05) is 48.5 Å². The van der Waals surface area contributed by atoms with E-state index < -0.39 is 48.1 Å². The molecule has 2 aromatic carbocycles. The van der Waals surface area contributed by atoms with Crippen LogP contribution in [-0.4, -0.2) is 54.5 Å². The highest BCUT2D eigenvalue weighted by Crippen LogP contribution is 2.47. The molecule has 2 aliphatic rings. The summed E-state index contributed by atoms with van der Waals surface area (Å²) in [6.45, 7) is -0.806. The summed E-state index contributed by atoms with van der Waals surface area (Å²) in [5.41, 5.74) is 1.48. The van der Waals surface area contributed by atoms with Crippen LogP contribution in [0.2, 0.25) is 10.0 Å². The van der Waals surface area contributed by atoms with E-state index in [1.54, 1.807) is 24.3 Å². The Kier molecular flexibility index (Phi) is 12.0. The van der Waals surface area contributed by atoms with Gasteiger partial charge in [0.05, 0.1) is 27.7 Å². The Labute approximate surface area is 328 Å². The van der Waals surface area contributed by atoms with Crippen molar-refractivity contribution in [2.75, 3.05) is 6.54 Å². The minimum atomic E-state index is -5.05. The highest BCUT2D eigenvalue weighted by Gasteiger charge is 2.42. The molecule has 1 N–H and O–H groups in total. The van der Waals surface area contributed by atoms with Crippen molar-refractivity contribution in [2.45, 2.75) is 74.5 Å². The van der Waals surface area contributed by atoms with Gasteiger partial charge in [-0.1, -0.05) is 48.2 Å². The molecule has 0 bridgehead atoms. The Bertz CT molecular complexity index is 2240. The summed E-state index contributed by atoms with van der Waals surface area (Å²) in [6.07, 6.45) is 1.81. The fraction of sp³-hybridized carbons (Fsp3) is 0.351. The topological polar surface area (TPSA) is 137 Å². The van der Waals surface area contributed by atoms with Crippen LogP contribution in [0.3, 0.4) is 0 Å². The summed E-state index contributed by atoms with van der Waals surface area (Å²) in [4.78, 5) is 39.4. The van der Waals surface area contributed by atoms with Gasteiger partial charge in [0.25, 0.3) is 5.89 Å².